The van der Waals surface area contributed by atoms with Crippen molar-refractivity contribution in [1.82, 2.24) is 0 Å². The number of pyridine rings is 1. The fraction of sp³-hybridized carbons (Fsp3) is 0.545. The number of hydrogen-bond donors (Lipinski definition) is 2. The first kappa shape index (κ1) is 12.6. The van der Waals surface area contributed by atoms with Gasteiger partial charge in [0, 0.05) is 18.1 Å². The van der Waals surface area contributed by atoms with Gasteiger partial charge in [0.25, 0.3) is 5.03 Å². The number of nitrogens with zero attached hydrogens (tertiary/aromatic N) is 1. The maximum Gasteiger partial charge on any atom is 0.251 e. The van der Waals surface area contributed by atoms with Gasteiger partial charge in [-0.15, -0.1) is 0 Å². The van der Waals surface area contributed by atoms with Gasteiger partial charge in [0.15, 0.2) is 6.20 Å². The lowest BCUT2D eigenvalue weighted by Crippen LogP contribution is -2.29. The minimum atomic E-state index is -0.676. The molecule has 2 rings (SSSR count). The highest BCUT2D eigenvalue weighted by molar-refractivity contribution is 7.98. The van der Waals surface area contributed by atoms with Crippen molar-refractivity contribution in [3.8, 4) is 0 Å². The maximum atomic E-state index is 11.6. The maximum absolute atomic E-state index is 11.6. The third-order valence-electron chi connectivity index (χ3n) is 2.89. The van der Waals surface area contributed by atoms with Gasteiger partial charge >= 0.3 is 0 Å². The molecule has 6 heteroatoms. The highest BCUT2D eigenvalue weighted by Crippen LogP contribution is 2.32. The van der Waals surface area contributed by atoms with Gasteiger partial charge in [-0.2, -0.15) is 4.73 Å². The van der Waals surface area contributed by atoms with Crippen LogP contribution in [0.4, 0.5) is 0 Å². The molecule has 3 atom stereocenters. The standard InChI is InChI=1S/C11H15NO4S/c1-17-11-3-2-7(5-12(11)15)9-4-8(14)10(6-13)16-9/h2-3,5,8-10,13-14H,4,6H2,1H3/t8-,9+,10+/m0/s1. The van der Waals surface area contributed by atoms with Crippen molar-refractivity contribution < 1.29 is 19.7 Å². The second-order valence-corrected chi connectivity index (χ2v) is 4.81. The molecule has 0 amide bonds. The zero-order valence-electron chi connectivity index (χ0n) is 9.44. The van der Waals surface area contributed by atoms with Crippen LogP contribution in [0.1, 0.15) is 18.1 Å². The van der Waals surface area contributed by atoms with Gasteiger partial charge in [0.1, 0.15) is 6.10 Å². The molecule has 0 spiro atoms. The second-order valence-electron chi connectivity index (χ2n) is 3.98. The van der Waals surface area contributed by atoms with Crippen molar-refractivity contribution >= 4 is 11.8 Å². The fourth-order valence-corrected chi connectivity index (χ4v) is 2.38. The number of ether oxygens (including phenoxy) is 1. The number of thioether (sulfide) groups is 1. The zero-order chi connectivity index (χ0) is 12.4. The zero-order valence-corrected chi connectivity index (χ0v) is 10.3. The molecule has 0 aromatic carbocycles. The molecule has 0 unspecified atom stereocenters. The van der Waals surface area contributed by atoms with Crippen LogP contribution < -0.4 is 4.73 Å². The van der Waals surface area contributed by atoms with Crippen molar-refractivity contribution in [2.24, 2.45) is 0 Å². The fourth-order valence-electron chi connectivity index (χ4n) is 1.94. The third-order valence-corrected chi connectivity index (χ3v) is 3.62. The van der Waals surface area contributed by atoms with E-state index in [4.69, 9.17) is 9.84 Å². The summed E-state index contributed by atoms with van der Waals surface area (Å²) in [5, 5.41) is 30.8. The van der Waals surface area contributed by atoms with Gasteiger partial charge in [-0.25, -0.2) is 0 Å². The Bertz CT molecular complexity index is 401. The molecule has 0 aliphatic carbocycles. The van der Waals surface area contributed by atoms with Crippen LogP contribution >= 0.6 is 11.8 Å². The molecule has 1 saturated heterocycles. The van der Waals surface area contributed by atoms with E-state index in [9.17, 15) is 10.3 Å². The lowest BCUT2D eigenvalue weighted by molar-refractivity contribution is -0.646. The third kappa shape index (κ3) is 2.55. The Morgan fingerprint density at radius 3 is 2.88 bits per heavy atom. The molecule has 17 heavy (non-hydrogen) atoms. The molecule has 2 N–H and O–H groups in total. The van der Waals surface area contributed by atoms with E-state index in [0.717, 1.165) is 10.3 Å². The Kier molecular flexibility index (Phi) is 3.88. The van der Waals surface area contributed by atoms with E-state index in [0.29, 0.717) is 11.4 Å². The molecular formula is C11H15NO4S. The Balaban J connectivity index is 2.16. The lowest BCUT2D eigenvalue weighted by atomic mass is 10.1. The molecule has 1 aromatic heterocycles. The van der Waals surface area contributed by atoms with Crippen molar-refractivity contribution in [3.63, 3.8) is 0 Å². The summed E-state index contributed by atoms with van der Waals surface area (Å²) >= 11 is 1.37. The SMILES string of the molecule is CSc1ccc([C@H]2C[C@H](O)[C@@H](CO)O2)c[n+]1[O-]. The molecule has 0 saturated carbocycles. The molecule has 1 aliphatic heterocycles. The minimum Gasteiger partial charge on any atom is -0.618 e. The van der Waals surface area contributed by atoms with Crippen LogP contribution in [0.25, 0.3) is 0 Å². The molecule has 94 valence electrons. The summed E-state index contributed by atoms with van der Waals surface area (Å²) in [6.07, 6.45) is 2.15. The highest BCUT2D eigenvalue weighted by atomic mass is 32.2. The molecule has 0 radical (unpaired) electrons. The monoisotopic (exact) mass is 257 g/mol. The summed E-state index contributed by atoms with van der Waals surface area (Å²) in [7, 11) is 0. The summed E-state index contributed by atoms with van der Waals surface area (Å²) in [4.78, 5) is 0. The van der Waals surface area contributed by atoms with Crippen LogP contribution in [-0.4, -0.2) is 35.3 Å². The first-order valence-electron chi connectivity index (χ1n) is 5.37. The summed E-state index contributed by atoms with van der Waals surface area (Å²) < 4.78 is 6.27. The topological polar surface area (TPSA) is 76.6 Å². The summed E-state index contributed by atoms with van der Waals surface area (Å²) in [6.45, 7) is -0.210. The van der Waals surface area contributed by atoms with Gasteiger partial charge in [-0.1, -0.05) is 11.8 Å². The average molecular weight is 257 g/mol. The van der Waals surface area contributed by atoms with E-state index in [1.54, 1.807) is 6.07 Å². The van der Waals surface area contributed by atoms with Crippen LogP contribution in [0, 0.1) is 5.21 Å². The van der Waals surface area contributed by atoms with E-state index >= 15 is 0 Å². The van der Waals surface area contributed by atoms with Gasteiger partial charge in [-0.05, 0) is 12.3 Å². The predicted octanol–water partition coefficient (Wildman–Crippen LogP) is 0.225. The molecule has 2 heterocycles. The molecule has 1 fully saturated rings. The first-order chi connectivity index (χ1) is 8.15. The van der Waals surface area contributed by atoms with Crippen LogP contribution in [0.2, 0.25) is 0 Å². The summed E-state index contributed by atoms with van der Waals surface area (Å²) in [5.41, 5.74) is 0.729. The number of rotatable bonds is 3. The van der Waals surface area contributed by atoms with E-state index in [-0.39, 0.29) is 12.7 Å². The Morgan fingerprint density at radius 2 is 2.35 bits per heavy atom. The van der Waals surface area contributed by atoms with E-state index in [2.05, 4.69) is 0 Å². The van der Waals surface area contributed by atoms with Gasteiger partial charge in [0.2, 0.25) is 0 Å². The number of aliphatic hydroxyl groups is 2. The predicted molar refractivity (Wildman–Crippen MR) is 62.5 cm³/mol. The number of hydrogen-bond acceptors (Lipinski definition) is 5. The molecular weight excluding hydrogens is 242 g/mol. The Hall–Kier alpha value is -0.820. The van der Waals surface area contributed by atoms with Crippen molar-refractivity contribution in [3.05, 3.63) is 29.1 Å². The second kappa shape index (κ2) is 5.22. The lowest BCUT2D eigenvalue weighted by Gasteiger charge is -2.12. The smallest absolute Gasteiger partial charge is 0.251 e. The van der Waals surface area contributed by atoms with Crippen LogP contribution in [0.15, 0.2) is 23.4 Å². The van der Waals surface area contributed by atoms with Gasteiger partial charge < -0.3 is 20.2 Å². The summed E-state index contributed by atoms with van der Waals surface area (Å²) in [5.74, 6) is 0. The quantitative estimate of drug-likeness (QED) is 0.460. The van der Waals surface area contributed by atoms with Crippen molar-refractivity contribution in [1.29, 1.82) is 0 Å². The summed E-state index contributed by atoms with van der Waals surface area (Å²) in [6, 6.07) is 3.55. The highest BCUT2D eigenvalue weighted by Gasteiger charge is 2.35. The number of aliphatic hydroxyl groups excluding tert-OH is 2. The molecule has 1 aromatic rings. The van der Waals surface area contributed by atoms with E-state index in [1.165, 1.54) is 18.0 Å². The molecule has 1 aliphatic rings. The molecule has 0 bridgehead atoms. The minimum absolute atomic E-state index is 0.210. The van der Waals surface area contributed by atoms with Crippen LogP contribution in [0.5, 0.6) is 0 Å². The average Bonchev–Trinajstić information content (AvgIpc) is 2.70. The largest absolute Gasteiger partial charge is 0.618 e. The van der Waals surface area contributed by atoms with Gasteiger partial charge in [-0.3, -0.25) is 0 Å². The van der Waals surface area contributed by atoms with E-state index in [1.807, 2.05) is 12.3 Å². The normalized spacial score (nSPS) is 28.5. The van der Waals surface area contributed by atoms with E-state index < -0.39 is 12.2 Å². The number of aromatic nitrogens is 1. The first-order valence-corrected chi connectivity index (χ1v) is 6.59. The Morgan fingerprint density at radius 1 is 1.59 bits per heavy atom. The van der Waals surface area contributed by atoms with Crippen LogP contribution in [0.3, 0.4) is 0 Å². The molecule has 5 nitrogen and oxygen atoms in total. The van der Waals surface area contributed by atoms with Crippen molar-refractivity contribution in [2.75, 3.05) is 12.9 Å². The van der Waals surface area contributed by atoms with Gasteiger partial charge in [0.05, 0.1) is 18.8 Å². The van der Waals surface area contributed by atoms with Crippen LogP contribution in [-0.2, 0) is 4.74 Å². The Labute approximate surface area is 104 Å². The van der Waals surface area contributed by atoms with Crippen molar-refractivity contribution in [2.45, 2.75) is 29.8 Å².